The molecule has 0 radical (unpaired) electrons. The molecule has 3 heterocycles. The van der Waals surface area contributed by atoms with E-state index in [1.54, 1.807) is 12.1 Å². The van der Waals surface area contributed by atoms with E-state index in [0.29, 0.717) is 15.6 Å². The molecule has 0 saturated heterocycles. The summed E-state index contributed by atoms with van der Waals surface area (Å²) in [7, 11) is 0. The molecule has 2 aromatic heterocycles. The number of nitriles is 1. The van der Waals surface area contributed by atoms with E-state index in [-0.39, 0.29) is 0 Å². The Hall–Kier alpha value is -1.67. The topological polar surface area (TPSA) is 41.6 Å². The van der Waals surface area contributed by atoms with Crippen molar-refractivity contribution in [1.82, 2.24) is 9.55 Å². The number of pyridine rings is 1. The lowest BCUT2D eigenvalue weighted by molar-refractivity contribution is 0.532. The van der Waals surface area contributed by atoms with Crippen LogP contribution >= 0.6 is 15.9 Å². The average Bonchev–Trinajstić information content (AvgIpc) is 2.71. The Kier molecular flexibility index (Phi) is 3.11. The predicted molar refractivity (Wildman–Crippen MR) is 73.0 cm³/mol. The highest BCUT2D eigenvalue weighted by molar-refractivity contribution is 9.10. The number of halogens is 2. The van der Waals surface area contributed by atoms with Crippen LogP contribution in [-0.2, 0) is 13.0 Å². The average molecular weight is 320 g/mol. The fourth-order valence-corrected chi connectivity index (χ4v) is 3.39. The number of fused-ring (bicyclic) bond motifs is 1. The van der Waals surface area contributed by atoms with E-state index in [1.807, 2.05) is 4.57 Å². The monoisotopic (exact) mass is 319 g/mol. The van der Waals surface area contributed by atoms with E-state index in [9.17, 15) is 9.65 Å². The summed E-state index contributed by atoms with van der Waals surface area (Å²) in [6, 6.07) is 5.63. The molecule has 5 heteroatoms. The van der Waals surface area contributed by atoms with E-state index in [4.69, 9.17) is 0 Å². The maximum Gasteiger partial charge on any atom is 0.222 e. The number of aromatic nitrogens is 2. The SMILES string of the molecule is N#Cc1c(Br)c(-c2cccnc2F)n2c1CCCC2. The first-order chi connectivity index (χ1) is 9.24. The molecule has 0 aromatic carbocycles. The summed E-state index contributed by atoms with van der Waals surface area (Å²) in [5, 5.41) is 9.30. The molecule has 0 atom stereocenters. The highest BCUT2D eigenvalue weighted by Gasteiger charge is 2.25. The summed E-state index contributed by atoms with van der Waals surface area (Å²) in [5.41, 5.74) is 2.80. The highest BCUT2D eigenvalue weighted by atomic mass is 79.9. The van der Waals surface area contributed by atoms with Gasteiger partial charge in [-0.1, -0.05) is 0 Å². The summed E-state index contributed by atoms with van der Waals surface area (Å²) in [6.45, 7) is 0.819. The van der Waals surface area contributed by atoms with Gasteiger partial charge in [0.2, 0.25) is 5.95 Å². The van der Waals surface area contributed by atoms with E-state index in [0.717, 1.165) is 37.2 Å². The summed E-state index contributed by atoms with van der Waals surface area (Å²) in [4.78, 5) is 3.70. The zero-order chi connectivity index (χ0) is 13.4. The molecule has 0 aliphatic carbocycles. The quantitative estimate of drug-likeness (QED) is 0.753. The van der Waals surface area contributed by atoms with Gasteiger partial charge in [-0.05, 0) is 47.3 Å². The van der Waals surface area contributed by atoms with Crippen LogP contribution in [0.4, 0.5) is 4.39 Å². The van der Waals surface area contributed by atoms with Crippen LogP contribution in [0.3, 0.4) is 0 Å². The first-order valence-corrected chi connectivity index (χ1v) is 6.95. The molecule has 0 unspecified atom stereocenters. The fourth-order valence-electron chi connectivity index (χ4n) is 2.64. The third-order valence-electron chi connectivity index (χ3n) is 3.48. The van der Waals surface area contributed by atoms with Gasteiger partial charge in [-0.25, -0.2) is 4.98 Å². The molecule has 0 N–H and O–H groups in total. The molecule has 1 aliphatic heterocycles. The zero-order valence-electron chi connectivity index (χ0n) is 10.2. The lowest BCUT2D eigenvalue weighted by Gasteiger charge is -2.18. The second-order valence-electron chi connectivity index (χ2n) is 4.55. The van der Waals surface area contributed by atoms with Crippen molar-refractivity contribution in [3.63, 3.8) is 0 Å². The van der Waals surface area contributed by atoms with Crippen LogP contribution in [0.15, 0.2) is 22.8 Å². The number of hydrogen-bond acceptors (Lipinski definition) is 2. The first-order valence-electron chi connectivity index (χ1n) is 6.16. The second kappa shape index (κ2) is 4.78. The number of nitrogens with zero attached hydrogens (tertiary/aromatic N) is 3. The molecule has 0 spiro atoms. The van der Waals surface area contributed by atoms with Crippen molar-refractivity contribution in [1.29, 1.82) is 5.26 Å². The van der Waals surface area contributed by atoms with E-state index < -0.39 is 5.95 Å². The molecule has 0 amide bonds. The molecular weight excluding hydrogens is 309 g/mol. The zero-order valence-corrected chi connectivity index (χ0v) is 11.7. The summed E-state index contributed by atoms with van der Waals surface area (Å²) in [6.07, 6.45) is 4.41. The van der Waals surface area contributed by atoms with Crippen LogP contribution in [0.5, 0.6) is 0 Å². The highest BCUT2D eigenvalue weighted by Crippen LogP contribution is 2.38. The Morgan fingerprint density at radius 2 is 2.26 bits per heavy atom. The van der Waals surface area contributed by atoms with Crippen molar-refractivity contribution in [3.8, 4) is 17.3 Å². The Labute approximate surface area is 118 Å². The van der Waals surface area contributed by atoms with Gasteiger partial charge in [-0.15, -0.1) is 0 Å². The first kappa shape index (κ1) is 12.4. The third kappa shape index (κ3) is 1.87. The molecule has 3 rings (SSSR count). The van der Waals surface area contributed by atoms with Gasteiger partial charge in [0.1, 0.15) is 6.07 Å². The Bertz CT molecular complexity index is 685. The van der Waals surface area contributed by atoms with Gasteiger partial charge >= 0.3 is 0 Å². The second-order valence-corrected chi connectivity index (χ2v) is 5.34. The Morgan fingerprint density at radius 1 is 1.42 bits per heavy atom. The summed E-state index contributed by atoms with van der Waals surface area (Å²) in [5.74, 6) is -0.501. The molecule has 3 nitrogen and oxygen atoms in total. The molecule has 96 valence electrons. The van der Waals surface area contributed by atoms with E-state index >= 15 is 0 Å². The van der Waals surface area contributed by atoms with Crippen LogP contribution in [0.1, 0.15) is 24.1 Å². The number of rotatable bonds is 1. The lowest BCUT2D eigenvalue weighted by Crippen LogP contribution is -2.12. The van der Waals surface area contributed by atoms with Gasteiger partial charge in [0.05, 0.1) is 21.3 Å². The van der Waals surface area contributed by atoms with Gasteiger partial charge in [-0.2, -0.15) is 9.65 Å². The standard InChI is InChI=1S/C14H11BrFN3/c15-12-10(8-17)11-5-1-2-7-19(11)13(12)9-4-3-6-18-14(9)16/h3-4,6H,1-2,5,7H2. The van der Waals surface area contributed by atoms with Crippen LogP contribution < -0.4 is 0 Å². The molecule has 0 bridgehead atoms. The van der Waals surface area contributed by atoms with E-state index in [1.165, 1.54) is 6.20 Å². The Balaban J connectivity index is 2.31. The van der Waals surface area contributed by atoms with Gasteiger partial charge in [0, 0.05) is 18.4 Å². The van der Waals surface area contributed by atoms with Gasteiger partial charge in [-0.3, -0.25) is 0 Å². The smallest absolute Gasteiger partial charge is 0.222 e. The number of hydrogen-bond donors (Lipinski definition) is 0. The third-order valence-corrected chi connectivity index (χ3v) is 4.26. The van der Waals surface area contributed by atoms with Crippen molar-refractivity contribution in [2.75, 3.05) is 0 Å². The maximum absolute atomic E-state index is 13.9. The van der Waals surface area contributed by atoms with Gasteiger partial charge in [0.25, 0.3) is 0 Å². The molecule has 1 aliphatic rings. The molecule has 19 heavy (non-hydrogen) atoms. The fraction of sp³-hybridized carbons (Fsp3) is 0.286. The minimum Gasteiger partial charge on any atom is -0.342 e. The minimum atomic E-state index is -0.501. The summed E-state index contributed by atoms with van der Waals surface area (Å²) < 4.78 is 16.6. The molecule has 0 fully saturated rings. The molecule has 0 saturated carbocycles. The largest absolute Gasteiger partial charge is 0.342 e. The van der Waals surface area contributed by atoms with E-state index in [2.05, 4.69) is 27.0 Å². The minimum absolute atomic E-state index is 0.444. The van der Waals surface area contributed by atoms with Gasteiger partial charge in [0.15, 0.2) is 0 Å². The Morgan fingerprint density at radius 3 is 3.00 bits per heavy atom. The van der Waals surface area contributed by atoms with Crippen LogP contribution in [-0.4, -0.2) is 9.55 Å². The predicted octanol–water partition coefficient (Wildman–Crippen LogP) is 3.66. The summed E-state index contributed by atoms with van der Waals surface area (Å²) >= 11 is 3.46. The lowest BCUT2D eigenvalue weighted by atomic mass is 10.1. The normalized spacial score (nSPS) is 13.9. The van der Waals surface area contributed by atoms with Gasteiger partial charge < -0.3 is 4.57 Å². The van der Waals surface area contributed by atoms with Crippen LogP contribution in [0.2, 0.25) is 0 Å². The van der Waals surface area contributed by atoms with Crippen LogP contribution in [0.25, 0.3) is 11.3 Å². The van der Waals surface area contributed by atoms with Crippen molar-refractivity contribution in [3.05, 3.63) is 40.0 Å². The van der Waals surface area contributed by atoms with Crippen LogP contribution in [0, 0.1) is 17.3 Å². The van der Waals surface area contributed by atoms with Crippen molar-refractivity contribution in [2.24, 2.45) is 0 Å². The maximum atomic E-state index is 13.9. The van der Waals surface area contributed by atoms with Crippen molar-refractivity contribution < 1.29 is 4.39 Å². The van der Waals surface area contributed by atoms with Crippen molar-refractivity contribution >= 4 is 15.9 Å². The molecular formula is C14H11BrFN3. The molecule has 2 aromatic rings. The van der Waals surface area contributed by atoms with Crippen molar-refractivity contribution in [2.45, 2.75) is 25.8 Å².